The number of rotatable bonds is 2. The van der Waals surface area contributed by atoms with Crippen LogP contribution in [-0.4, -0.2) is 42.9 Å². The predicted octanol–water partition coefficient (Wildman–Crippen LogP) is 3.76. The normalized spacial score (nSPS) is 21.2. The van der Waals surface area contributed by atoms with Crippen LogP contribution in [0.4, 0.5) is 8.78 Å². The fourth-order valence-corrected chi connectivity index (χ4v) is 3.59. The van der Waals surface area contributed by atoms with E-state index in [1.807, 2.05) is 19.1 Å². The number of hydrogen-bond acceptors (Lipinski definition) is 2. The van der Waals surface area contributed by atoms with Crippen LogP contribution in [0.1, 0.15) is 53.1 Å². The van der Waals surface area contributed by atoms with Crippen LogP contribution in [0.25, 0.3) is 0 Å². The fourth-order valence-electron chi connectivity index (χ4n) is 3.59. The number of carbonyl (C=O) groups is 1. The Balaban J connectivity index is 0.00000208. The SMILES string of the molecule is Cc1ccc(C2CCNCC2)cc1C(=O)N1CCCC(F)(F)C1.Cl. The number of nitrogens with zero attached hydrogens (tertiary/aromatic N) is 1. The highest BCUT2D eigenvalue weighted by Gasteiger charge is 2.37. The minimum Gasteiger partial charge on any atom is -0.333 e. The molecule has 0 saturated carbocycles. The Morgan fingerprint density at radius 3 is 2.67 bits per heavy atom. The van der Waals surface area contributed by atoms with Gasteiger partial charge in [0.25, 0.3) is 11.8 Å². The molecule has 0 bridgehead atoms. The topological polar surface area (TPSA) is 32.3 Å². The molecule has 0 aromatic heterocycles. The van der Waals surface area contributed by atoms with Gasteiger partial charge in [0.1, 0.15) is 0 Å². The molecule has 1 aromatic rings. The first kappa shape index (κ1) is 19.1. The molecule has 1 aromatic carbocycles. The molecule has 1 amide bonds. The highest BCUT2D eigenvalue weighted by atomic mass is 35.5. The first-order valence-electron chi connectivity index (χ1n) is 8.45. The van der Waals surface area contributed by atoms with Gasteiger partial charge in [0.05, 0.1) is 6.54 Å². The molecule has 0 spiro atoms. The summed E-state index contributed by atoms with van der Waals surface area (Å²) in [5, 5.41) is 3.34. The Kier molecular flexibility index (Phi) is 6.21. The van der Waals surface area contributed by atoms with Crippen LogP contribution in [0.2, 0.25) is 0 Å². The first-order chi connectivity index (χ1) is 11.0. The van der Waals surface area contributed by atoms with Gasteiger partial charge in [-0.25, -0.2) is 8.78 Å². The first-order valence-corrected chi connectivity index (χ1v) is 8.45. The zero-order chi connectivity index (χ0) is 16.4. The van der Waals surface area contributed by atoms with E-state index in [0.717, 1.165) is 37.1 Å². The molecule has 0 unspecified atom stereocenters. The van der Waals surface area contributed by atoms with E-state index in [4.69, 9.17) is 0 Å². The van der Waals surface area contributed by atoms with E-state index >= 15 is 0 Å². The van der Waals surface area contributed by atoms with Crippen molar-refractivity contribution in [3.8, 4) is 0 Å². The van der Waals surface area contributed by atoms with Crippen LogP contribution in [0, 0.1) is 6.92 Å². The number of halogens is 3. The molecule has 3 nitrogen and oxygen atoms in total. The van der Waals surface area contributed by atoms with Crippen molar-refractivity contribution in [2.24, 2.45) is 0 Å². The van der Waals surface area contributed by atoms with Crippen molar-refractivity contribution in [3.05, 3.63) is 34.9 Å². The van der Waals surface area contributed by atoms with Crippen LogP contribution < -0.4 is 5.32 Å². The van der Waals surface area contributed by atoms with Crippen molar-refractivity contribution in [3.63, 3.8) is 0 Å². The van der Waals surface area contributed by atoms with Crippen LogP contribution in [-0.2, 0) is 0 Å². The molecular weight excluding hydrogens is 334 g/mol. The summed E-state index contributed by atoms with van der Waals surface area (Å²) in [5.74, 6) is -2.56. The third-order valence-electron chi connectivity index (χ3n) is 4.98. The van der Waals surface area contributed by atoms with Gasteiger partial charge in [-0.3, -0.25) is 4.79 Å². The van der Waals surface area contributed by atoms with Gasteiger partial charge < -0.3 is 10.2 Å². The Morgan fingerprint density at radius 2 is 2.00 bits per heavy atom. The maximum absolute atomic E-state index is 13.6. The second-order valence-electron chi connectivity index (χ2n) is 6.78. The lowest BCUT2D eigenvalue weighted by molar-refractivity contribution is -0.0560. The van der Waals surface area contributed by atoms with Crippen LogP contribution >= 0.6 is 12.4 Å². The summed E-state index contributed by atoms with van der Waals surface area (Å²) in [6.07, 6.45) is 2.35. The summed E-state index contributed by atoms with van der Waals surface area (Å²) in [7, 11) is 0. The second-order valence-corrected chi connectivity index (χ2v) is 6.78. The van der Waals surface area contributed by atoms with Gasteiger partial charge in [0.15, 0.2) is 0 Å². The average Bonchev–Trinajstić information content (AvgIpc) is 2.54. The number of nitrogens with one attached hydrogen (secondary N) is 1. The summed E-state index contributed by atoms with van der Waals surface area (Å²) in [6, 6.07) is 5.96. The summed E-state index contributed by atoms with van der Waals surface area (Å²) in [4.78, 5) is 14.0. The third-order valence-corrected chi connectivity index (χ3v) is 4.98. The van der Waals surface area contributed by atoms with E-state index in [2.05, 4.69) is 11.4 Å². The highest BCUT2D eigenvalue weighted by Crippen LogP contribution is 2.30. The summed E-state index contributed by atoms with van der Waals surface area (Å²) < 4.78 is 27.2. The number of likely N-dealkylation sites (tertiary alicyclic amines) is 1. The second kappa shape index (κ2) is 7.79. The van der Waals surface area contributed by atoms with Gasteiger partial charge in [0.2, 0.25) is 0 Å². The average molecular weight is 359 g/mol. The predicted molar refractivity (Wildman–Crippen MR) is 93.4 cm³/mol. The Bertz CT molecular complexity index is 588. The number of hydrogen-bond donors (Lipinski definition) is 1. The maximum atomic E-state index is 13.6. The number of carbonyl (C=O) groups excluding carboxylic acids is 1. The molecule has 0 radical (unpaired) electrons. The monoisotopic (exact) mass is 358 g/mol. The van der Waals surface area contributed by atoms with E-state index in [1.54, 1.807) is 0 Å². The fraction of sp³-hybridized carbons (Fsp3) is 0.611. The number of piperidine rings is 2. The van der Waals surface area contributed by atoms with E-state index < -0.39 is 12.5 Å². The van der Waals surface area contributed by atoms with E-state index in [1.165, 1.54) is 4.90 Å². The molecule has 0 atom stereocenters. The number of alkyl halides is 2. The van der Waals surface area contributed by atoms with Crippen molar-refractivity contribution in [2.45, 2.75) is 44.4 Å². The van der Waals surface area contributed by atoms with Crippen molar-refractivity contribution in [2.75, 3.05) is 26.2 Å². The number of aryl methyl sites for hydroxylation is 1. The third kappa shape index (κ3) is 4.25. The van der Waals surface area contributed by atoms with Crippen LogP contribution in [0.5, 0.6) is 0 Å². The van der Waals surface area contributed by atoms with Crippen molar-refractivity contribution in [1.29, 1.82) is 0 Å². The van der Waals surface area contributed by atoms with E-state index in [-0.39, 0.29) is 24.7 Å². The van der Waals surface area contributed by atoms with Gasteiger partial charge in [-0.05, 0) is 62.4 Å². The van der Waals surface area contributed by atoms with Crippen LogP contribution in [0.15, 0.2) is 18.2 Å². The van der Waals surface area contributed by atoms with Crippen molar-refractivity contribution >= 4 is 18.3 Å². The van der Waals surface area contributed by atoms with Gasteiger partial charge in [-0.2, -0.15) is 0 Å². The van der Waals surface area contributed by atoms with Crippen LogP contribution in [0.3, 0.4) is 0 Å². The number of amides is 1. The molecule has 3 rings (SSSR count). The smallest absolute Gasteiger partial charge is 0.265 e. The highest BCUT2D eigenvalue weighted by molar-refractivity contribution is 5.96. The largest absolute Gasteiger partial charge is 0.333 e. The lowest BCUT2D eigenvalue weighted by Gasteiger charge is -2.33. The van der Waals surface area contributed by atoms with Crippen molar-refractivity contribution < 1.29 is 13.6 Å². The lowest BCUT2D eigenvalue weighted by atomic mass is 9.88. The summed E-state index contributed by atoms with van der Waals surface area (Å²) in [5.41, 5.74) is 2.60. The quantitative estimate of drug-likeness (QED) is 0.873. The molecule has 1 N–H and O–H groups in total. The molecule has 2 fully saturated rings. The molecular formula is C18H25ClF2N2O. The van der Waals surface area contributed by atoms with Gasteiger partial charge in [-0.1, -0.05) is 12.1 Å². The summed E-state index contributed by atoms with van der Waals surface area (Å²) >= 11 is 0. The maximum Gasteiger partial charge on any atom is 0.265 e. The van der Waals surface area contributed by atoms with E-state index in [9.17, 15) is 13.6 Å². The zero-order valence-corrected chi connectivity index (χ0v) is 14.8. The Labute approximate surface area is 148 Å². The molecule has 0 aliphatic carbocycles. The number of benzene rings is 1. The van der Waals surface area contributed by atoms with E-state index in [0.29, 0.717) is 24.4 Å². The zero-order valence-electron chi connectivity index (χ0n) is 14.0. The molecule has 24 heavy (non-hydrogen) atoms. The molecule has 2 heterocycles. The molecule has 6 heteroatoms. The standard InChI is InChI=1S/C18H24F2N2O.ClH/c1-13-3-4-15(14-5-8-21-9-6-14)11-16(13)17(23)22-10-2-7-18(19,20)12-22;/h3-4,11,14,21H,2,5-10,12H2,1H3;1H. The van der Waals surface area contributed by atoms with Crippen molar-refractivity contribution in [1.82, 2.24) is 10.2 Å². The van der Waals surface area contributed by atoms with Gasteiger partial charge >= 0.3 is 0 Å². The summed E-state index contributed by atoms with van der Waals surface area (Å²) in [6.45, 7) is 3.82. The Hall–Kier alpha value is -1.20. The minimum absolute atomic E-state index is 0. The molecule has 134 valence electrons. The minimum atomic E-state index is -2.76. The van der Waals surface area contributed by atoms with Gasteiger partial charge in [-0.15, -0.1) is 12.4 Å². The lowest BCUT2D eigenvalue weighted by Crippen LogP contribution is -2.45. The molecule has 2 aliphatic rings. The molecule has 2 aliphatic heterocycles. The molecule has 2 saturated heterocycles. The van der Waals surface area contributed by atoms with Gasteiger partial charge in [0, 0.05) is 18.5 Å². The Morgan fingerprint density at radius 1 is 1.29 bits per heavy atom.